The normalized spacial score (nSPS) is 12.4. The van der Waals surface area contributed by atoms with E-state index in [9.17, 15) is 13.2 Å². The van der Waals surface area contributed by atoms with Crippen molar-refractivity contribution in [1.29, 1.82) is 0 Å². The van der Waals surface area contributed by atoms with Crippen LogP contribution >= 0.6 is 0 Å². The lowest BCUT2D eigenvalue weighted by atomic mass is 9.98. The van der Waals surface area contributed by atoms with Gasteiger partial charge in [0.05, 0.1) is 10.5 Å². The molecule has 0 heterocycles. The Morgan fingerprint density at radius 3 is 2.37 bits per heavy atom. The molecule has 1 aromatic carbocycles. The van der Waals surface area contributed by atoms with Crippen molar-refractivity contribution in [1.82, 2.24) is 4.72 Å². The van der Waals surface area contributed by atoms with E-state index in [1.54, 1.807) is 6.92 Å². The molecule has 0 bridgehead atoms. The molecule has 6 heteroatoms. The van der Waals surface area contributed by atoms with Crippen LogP contribution in [-0.4, -0.2) is 26.0 Å². The van der Waals surface area contributed by atoms with Crippen LogP contribution in [0.2, 0.25) is 0 Å². The summed E-state index contributed by atoms with van der Waals surface area (Å²) in [4.78, 5) is 11.0. The van der Waals surface area contributed by atoms with Crippen molar-refractivity contribution in [3.8, 4) is 0 Å². The molecule has 0 aromatic heterocycles. The van der Waals surface area contributed by atoms with Gasteiger partial charge in [-0.3, -0.25) is 0 Å². The first-order valence-corrected chi connectivity index (χ1v) is 7.35. The van der Waals surface area contributed by atoms with E-state index >= 15 is 0 Å². The zero-order valence-corrected chi connectivity index (χ0v) is 12.3. The van der Waals surface area contributed by atoms with Gasteiger partial charge in [-0.05, 0) is 30.0 Å². The van der Waals surface area contributed by atoms with Crippen LogP contribution in [0.5, 0.6) is 0 Å². The van der Waals surface area contributed by atoms with Gasteiger partial charge in [-0.25, -0.2) is 17.9 Å². The Labute approximate surface area is 113 Å². The average Bonchev–Trinajstić information content (AvgIpc) is 2.25. The van der Waals surface area contributed by atoms with E-state index < -0.39 is 16.0 Å². The molecule has 0 aliphatic carbocycles. The zero-order valence-electron chi connectivity index (χ0n) is 11.5. The second-order valence-corrected chi connectivity index (χ2v) is 7.43. The van der Waals surface area contributed by atoms with Gasteiger partial charge in [0, 0.05) is 6.54 Å². The number of aromatic carboxylic acids is 1. The number of rotatable bonds is 4. The van der Waals surface area contributed by atoms with Crippen molar-refractivity contribution < 1.29 is 18.3 Å². The summed E-state index contributed by atoms with van der Waals surface area (Å²) in [5.41, 5.74) is 0.342. The van der Waals surface area contributed by atoms with E-state index in [4.69, 9.17) is 5.11 Å². The molecule has 19 heavy (non-hydrogen) atoms. The molecule has 106 valence electrons. The molecule has 0 atom stereocenters. The number of hydrogen-bond acceptors (Lipinski definition) is 3. The first-order chi connectivity index (χ1) is 8.53. The smallest absolute Gasteiger partial charge is 0.335 e. The highest BCUT2D eigenvalue weighted by Gasteiger charge is 2.20. The Bertz CT molecular complexity index is 585. The molecule has 1 aromatic rings. The molecule has 0 spiro atoms. The largest absolute Gasteiger partial charge is 0.478 e. The van der Waals surface area contributed by atoms with Crippen LogP contribution in [0.4, 0.5) is 0 Å². The Morgan fingerprint density at radius 2 is 1.89 bits per heavy atom. The molecule has 2 N–H and O–H groups in total. The predicted molar refractivity (Wildman–Crippen MR) is 72.8 cm³/mol. The number of carboxylic acids is 1. The third kappa shape index (κ3) is 4.33. The molecule has 0 radical (unpaired) electrons. The van der Waals surface area contributed by atoms with Gasteiger partial charge in [-0.15, -0.1) is 0 Å². The van der Waals surface area contributed by atoms with Crippen molar-refractivity contribution >= 4 is 16.0 Å². The van der Waals surface area contributed by atoms with Crippen molar-refractivity contribution in [3.63, 3.8) is 0 Å². The molecule has 5 nitrogen and oxygen atoms in total. The van der Waals surface area contributed by atoms with Crippen LogP contribution in [-0.2, 0) is 10.0 Å². The first-order valence-electron chi connectivity index (χ1n) is 5.86. The summed E-state index contributed by atoms with van der Waals surface area (Å²) in [6.45, 7) is 7.64. The standard InChI is InChI=1S/C13H19NO4S/c1-9-5-6-10(7-11(9)12(15)16)19(17,18)14-8-13(2,3)4/h5-7,14H,8H2,1-4H3,(H,15,16). The van der Waals surface area contributed by atoms with Crippen molar-refractivity contribution in [2.45, 2.75) is 32.6 Å². The van der Waals surface area contributed by atoms with Crippen LogP contribution in [0.3, 0.4) is 0 Å². The summed E-state index contributed by atoms with van der Waals surface area (Å²) in [6.07, 6.45) is 0. The van der Waals surface area contributed by atoms with Gasteiger partial charge in [0.15, 0.2) is 0 Å². The molecule has 1 rings (SSSR count). The summed E-state index contributed by atoms with van der Waals surface area (Å²) in [7, 11) is -3.68. The van der Waals surface area contributed by atoms with Gasteiger partial charge >= 0.3 is 5.97 Å². The number of hydrogen-bond donors (Lipinski definition) is 2. The first kappa shape index (κ1) is 15.7. The van der Waals surface area contributed by atoms with Crippen molar-refractivity contribution in [2.75, 3.05) is 6.54 Å². The van der Waals surface area contributed by atoms with Gasteiger partial charge < -0.3 is 5.11 Å². The fourth-order valence-corrected chi connectivity index (χ4v) is 2.70. The van der Waals surface area contributed by atoms with E-state index in [-0.39, 0.29) is 22.4 Å². The maximum atomic E-state index is 12.1. The fraction of sp³-hybridized carbons (Fsp3) is 0.462. The highest BCUT2D eigenvalue weighted by molar-refractivity contribution is 7.89. The maximum Gasteiger partial charge on any atom is 0.335 e. The molecular formula is C13H19NO4S. The molecule has 0 aliphatic rings. The molecule has 0 aliphatic heterocycles. The average molecular weight is 285 g/mol. The predicted octanol–water partition coefficient (Wildman–Crippen LogP) is 2.02. The number of carbonyl (C=O) groups is 1. The summed E-state index contributed by atoms with van der Waals surface area (Å²) in [5.74, 6) is -1.13. The Hall–Kier alpha value is -1.40. The number of carboxylic acid groups (broad SMARTS) is 1. The number of aryl methyl sites for hydroxylation is 1. The Morgan fingerprint density at radius 1 is 1.32 bits per heavy atom. The van der Waals surface area contributed by atoms with Crippen LogP contribution in [0, 0.1) is 12.3 Å². The number of benzene rings is 1. The highest BCUT2D eigenvalue weighted by atomic mass is 32.2. The SMILES string of the molecule is Cc1ccc(S(=O)(=O)NCC(C)(C)C)cc1C(=O)O. The number of nitrogens with one attached hydrogen (secondary N) is 1. The third-order valence-corrected chi connectivity index (χ3v) is 3.94. The van der Waals surface area contributed by atoms with E-state index in [0.29, 0.717) is 5.56 Å². The summed E-state index contributed by atoms with van der Waals surface area (Å²) < 4.78 is 26.6. The fourth-order valence-electron chi connectivity index (χ4n) is 1.39. The van der Waals surface area contributed by atoms with E-state index in [1.165, 1.54) is 18.2 Å². The quantitative estimate of drug-likeness (QED) is 0.886. The topological polar surface area (TPSA) is 83.5 Å². The second-order valence-electron chi connectivity index (χ2n) is 5.67. The lowest BCUT2D eigenvalue weighted by molar-refractivity contribution is 0.0696. The number of sulfonamides is 1. The van der Waals surface area contributed by atoms with Gasteiger partial charge in [0.1, 0.15) is 0 Å². The van der Waals surface area contributed by atoms with Crippen molar-refractivity contribution in [3.05, 3.63) is 29.3 Å². The van der Waals surface area contributed by atoms with Crippen LogP contribution in [0.15, 0.2) is 23.1 Å². The van der Waals surface area contributed by atoms with Crippen LogP contribution in [0.1, 0.15) is 36.7 Å². The lowest BCUT2D eigenvalue weighted by Gasteiger charge is -2.19. The van der Waals surface area contributed by atoms with E-state index in [1.807, 2.05) is 20.8 Å². The zero-order chi connectivity index (χ0) is 14.8. The molecule has 0 fully saturated rings. The lowest BCUT2D eigenvalue weighted by Crippen LogP contribution is -2.32. The van der Waals surface area contributed by atoms with E-state index in [0.717, 1.165) is 0 Å². The monoisotopic (exact) mass is 285 g/mol. The van der Waals surface area contributed by atoms with Crippen LogP contribution < -0.4 is 4.72 Å². The third-order valence-electron chi connectivity index (χ3n) is 2.54. The maximum absolute atomic E-state index is 12.1. The summed E-state index contributed by atoms with van der Waals surface area (Å²) >= 11 is 0. The minimum absolute atomic E-state index is 0.00127. The minimum Gasteiger partial charge on any atom is -0.478 e. The van der Waals surface area contributed by atoms with Gasteiger partial charge in [-0.2, -0.15) is 0 Å². The molecule has 0 unspecified atom stereocenters. The summed E-state index contributed by atoms with van der Waals surface area (Å²) in [6, 6.07) is 4.09. The Balaban J connectivity index is 3.09. The van der Waals surface area contributed by atoms with Gasteiger partial charge in [0.2, 0.25) is 10.0 Å². The second kappa shape index (κ2) is 5.30. The highest BCUT2D eigenvalue weighted by Crippen LogP contribution is 2.17. The molecular weight excluding hydrogens is 266 g/mol. The van der Waals surface area contributed by atoms with Gasteiger partial charge in [-0.1, -0.05) is 26.8 Å². The Kier molecular flexibility index (Phi) is 4.37. The van der Waals surface area contributed by atoms with Crippen LogP contribution in [0.25, 0.3) is 0 Å². The molecule has 0 amide bonds. The molecule has 0 saturated carbocycles. The summed E-state index contributed by atoms with van der Waals surface area (Å²) in [5, 5.41) is 9.00. The molecule has 0 saturated heterocycles. The van der Waals surface area contributed by atoms with Gasteiger partial charge in [0.25, 0.3) is 0 Å². The minimum atomic E-state index is -3.68. The van der Waals surface area contributed by atoms with Crippen molar-refractivity contribution in [2.24, 2.45) is 5.41 Å². The van der Waals surface area contributed by atoms with E-state index in [2.05, 4.69) is 4.72 Å².